The average molecular weight is 370 g/mol. The lowest BCUT2D eigenvalue weighted by atomic mass is 10.2. The van der Waals surface area contributed by atoms with Crippen molar-refractivity contribution in [1.82, 2.24) is 4.90 Å². The Morgan fingerprint density at radius 3 is 2.70 bits per heavy atom. The van der Waals surface area contributed by atoms with Crippen LogP contribution in [0.25, 0.3) is 0 Å². The van der Waals surface area contributed by atoms with Gasteiger partial charge in [-0.25, -0.2) is 4.79 Å². The number of ether oxygens (including phenoxy) is 2. The second-order valence-electron chi connectivity index (χ2n) is 6.93. The first-order chi connectivity index (χ1) is 13.0. The molecule has 144 valence electrons. The third kappa shape index (κ3) is 5.45. The summed E-state index contributed by atoms with van der Waals surface area (Å²) in [4.78, 5) is 14.1. The van der Waals surface area contributed by atoms with Crippen LogP contribution in [0, 0.1) is 0 Å². The van der Waals surface area contributed by atoms with Crippen LogP contribution in [0.15, 0.2) is 54.6 Å². The van der Waals surface area contributed by atoms with Gasteiger partial charge in [0.15, 0.2) is 0 Å². The molecule has 6 nitrogen and oxygen atoms in total. The molecule has 1 aliphatic rings. The first-order valence-corrected chi connectivity index (χ1v) is 9.17. The van der Waals surface area contributed by atoms with Gasteiger partial charge in [0, 0.05) is 11.8 Å². The van der Waals surface area contributed by atoms with E-state index in [0.717, 1.165) is 5.56 Å². The molecule has 6 heteroatoms. The summed E-state index contributed by atoms with van der Waals surface area (Å²) in [6, 6.07) is 16.9. The van der Waals surface area contributed by atoms with Crippen LogP contribution in [0.1, 0.15) is 19.4 Å². The number of aliphatic hydroxyl groups is 1. The Bertz CT molecular complexity index is 751. The van der Waals surface area contributed by atoms with Crippen molar-refractivity contribution in [1.29, 1.82) is 0 Å². The maximum atomic E-state index is 12.5. The molecule has 2 atom stereocenters. The lowest BCUT2D eigenvalue weighted by Gasteiger charge is -2.18. The molecule has 2 amide bonds. The second kappa shape index (κ2) is 8.88. The molecule has 1 aliphatic heterocycles. The zero-order valence-corrected chi connectivity index (χ0v) is 15.7. The zero-order valence-electron chi connectivity index (χ0n) is 15.7. The number of anilines is 1. The number of hydrogen-bond acceptors (Lipinski definition) is 4. The van der Waals surface area contributed by atoms with Gasteiger partial charge in [0.2, 0.25) is 0 Å². The van der Waals surface area contributed by atoms with E-state index in [1.165, 1.54) is 0 Å². The predicted octanol–water partition coefficient (Wildman–Crippen LogP) is 3.27. The summed E-state index contributed by atoms with van der Waals surface area (Å²) in [6.45, 7) is 4.92. The number of urea groups is 1. The van der Waals surface area contributed by atoms with Gasteiger partial charge in [-0.2, -0.15) is 0 Å². The van der Waals surface area contributed by atoms with Crippen molar-refractivity contribution in [2.75, 3.05) is 18.4 Å². The lowest BCUT2D eigenvalue weighted by Crippen LogP contribution is -2.34. The van der Waals surface area contributed by atoms with E-state index in [1.54, 1.807) is 11.0 Å². The van der Waals surface area contributed by atoms with Crippen LogP contribution in [0.3, 0.4) is 0 Å². The highest BCUT2D eigenvalue weighted by Crippen LogP contribution is 2.21. The number of nitrogens with zero attached hydrogens (tertiary/aromatic N) is 1. The third-order valence-electron chi connectivity index (χ3n) is 4.30. The Kier molecular flexibility index (Phi) is 6.32. The molecule has 1 saturated heterocycles. The van der Waals surface area contributed by atoms with E-state index in [-0.39, 0.29) is 24.8 Å². The molecule has 0 radical (unpaired) electrons. The van der Waals surface area contributed by atoms with E-state index in [1.807, 2.05) is 62.4 Å². The van der Waals surface area contributed by atoms with Crippen LogP contribution in [0.5, 0.6) is 5.75 Å². The van der Waals surface area contributed by atoms with Crippen LogP contribution in [0.4, 0.5) is 10.5 Å². The summed E-state index contributed by atoms with van der Waals surface area (Å²) in [5, 5.41) is 12.9. The van der Waals surface area contributed by atoms with Gasteiger partial charge in [-0.1, -0.05) is 36.4 Å². The van der Waals surface area contributed by atoms with Crippen LogP contribution in [-0.2, 0) is 11.3 Å². The van der Waals surface area contributed by atoms with Gasteiger partial charge in [0.05, 0.1) is 25.3 Å². The summed E-state index contributed by atoms with van der Waals surface area (Å²) in [6.07, 6.45) is -1.01. The number of likely N-dealkylation sites (tertiary alicyclic amines) is 1. The maximum Gasteiger partial charge on any atom is 0.322 e. The molecule has 1 heterocycles. The molecule has 2 aromatic rings. The first-order valence-electron chi connectivity index (χ1n) is 9.17. The van der Waals surface area contributed by atoms with E-state index in [9.17, 15) is 9.90 Å². The number of aliphatic hydroxyl groups excluding tert-OH is 1. The fourth-order valence-electron chi connectivity index (χ4n) is 3.01. The molecule has 0 bridgehead atoms. The Morgan fingerprint density at radius 2 is 1.96 bits per heavy atom. The van der Waals surface area contributed by atoms with Crippen LogP contribution >= 0.6 is 0 Å². The zero-order chi connectivity index (χ0) is 19.2. The maximum absolute atomic E-state index is 12.5. The molecule has 1 fully saturated rings. The molecule has 2 aromatic carbocycles. The molecule has 0 saturated carbocycles. The fourth-order valence-corrected chi connectivity index (χ4v) is 3.01. The molecule has 0 aromatic heterocycles. The quantitative estimate of drug-likeness (QED) is 0.819. The molecular weight excluding hydrogens is 344 g/mol. The van der Waals surface area contributed by atoms with Crippen molar-refractivity contribution >= 4 is 11.7 Å². The highest BCUT2D eigenvalue weighted by molar-refractivity contribution is 5.89. The normalized spacial score (nSPS) is 19.3. The minimum absolute atomic E-state index is 0.00565. The molecular formula is C21H26N2O4. The predicted molar refractivity (Wildman–Crippen MR) is 104 cm³/mol. The van der Waals surface area contributed by atoms with Gasteiger partial charge in [0.1, 0.15) is 18.5 Å². The number of nitrogens with one attached hydrogen (secondary N) is 1. The smallest absolute Gasteiger partial charge is 0.322 e. The molecule has 0 unspecified atom stereocenters. The fraction of sp³-hybridized carbons (Fsp3) is 0.381. The van der Waals surface area contributed by atoms with E-state index in [4.69, 9.17) is 9.47 Å². The van der Waals surface area contributed by atoms with E-state index in [0.29, 0.717) is 24.6 Å². The van der Waals surface area contributed by atoms with Gasteiger partial charge in [0.25, 0.3) is 0 Å². The van der Waals surface area contributed by atoms with E-state index in [2.05, 4.69) is 5.32 Å². The topological polar surface area (TPSA) is 71.0 Å². The van der Waals surface area contributed by atoms with Crippen LogP contribution in [-0.4, -0.2) is 47.4 Å². The van der Waals surface area contributed by atoms with Crippen molar-refractivity contribution < 1.29 is 19.4 Å². The molecule has 2 N–H and O–H groups in total. The van der Waals surface area contributed by atoms with Crippen molar-refractivity contribution in [2.24, 2.45) is 0 Å². The van der Waals surface area contributed by atoms with Gasteiger partial charge >= 0.3 is 6.03 Å². The van der Waals surface area contributed by atoms with Gasteiger partial charge in [-0.05, 0) is 31.5 Å². The Balaban J connectivity index is 1.55. The van der Waals surface area contributed by atoms with Gasteiger partial charge in [-0.15, -0.1) is 0 Å². The number of amides is 2. The second-order valence-corrected chi connectivity index (χ2v) is 6.93. The molecule has 0 aliphatic carbocycles. The number of hydrogen-bond donors (Lipinski definition) is 2. The van der Waals surface area contributed by atoms with Crippen LogP contribution < -0.4 is 10.1 Å². The monoisotopic (exact) mass is 370 g/mol. The molecule has 3 rings (SSSR count). The molecule has 27 heavy (non-hydrogen) atoms. The Labute approximate surface area is 159 Å². The van der Waals surface area contributed by atoms with Crippen molar-refractivity contribution in [3.05, 3.63) is 60.2 Å². The highest BCUT2D eigenvalue weighted by atomic mass is 16.5. The van der Waals surface area contributed by atoms with Crippen LogP contribution in [0.2, 0.25) is 0 Å². The van der Waals surface area contributed by atoms with Crippen molar-refractivity contribution in [3.63, 3.8) is 0 Å². The number of benzene rings is 2. The highest BCUT2D eigenvalue weighted by Gasteiger charge is 2.35. The summed E-state index contributed by atoms with van der Waals surface area (Å²) in [7, 11) is 0. The van der Waals surface area contributed by atoms with Crippen molar-refractivity contribution in [2.45, 2.75) is 38.8 Å². The van der Waals surface area contributed by atoms with Gasteiger partial charge < -0.3 is 24.8 Å². The summed E-state index contributed by atoms with van der Waals surface area (Å²) >= 11 is 0. The van der Waals surface area contributed by atoms with E-state index < -0.39 is 6.10 Å². The van der Waals surface area contributed by atoms with E-state index >= 15 is 0 Å². The summed E-state index contributed by atoms with van der Waals surface area (Å²) in [5.41, 5.74) is 1.72. The first kappa shape index (κ1) is 19.2. The average Bonchev–Trinajstić information content (AvgIpc) is 3.01. The number of β-amino-alcohol motifs (C(OH)–C–C–N with tert-alkyl or cyclic N) is 1. The summed E-state index contributed by atoms with van der Waals surface area (Å²) < 4.78 is 11.4. The Hall–Kier alpha value is -2.57. The van der Waals surface area contributed by atoms with Crippen molar-refractivity contribution in [3.8, 4) is 5.75 Å². The Morgan fingerprint density at radius 1 is 1.19 bits per heavy atom. The number of rotatable bonds is 6. The largest absolute Gasteiger partial charge is 0.489 e. The minimum atomic E-state index is -0.668. The molecule has 0 spiro atoms. The third-order valence-corrected chi connectivity index (χ3v) is 4.30. The minimum Gasteiger partial charge on any atom is -0.489 e. The number of carbonyl (C=O) groups is 1. The number of carbonyl (C=O) groups excluding carboxylic acids is 1. The summed E-state index contributed by atoms with van der Waals surface area (Å²) in [5.74, 6) is 0.680. The standard InChI is InChI=1S/C21H26N2O4/c1-15(2)27-20-13-23(12-19(20)24)21(25)22-17-9-6-10-18(11-17)26-14-16-7-4-3-5-8-16/h3-11,15,19-20,24H,12-14H2,1-2H3,(H,22,25)/t19-,20-/m0/s1. The van der Waals surface area contributed by atoms with Gasteiger partial charge in [-0.3, -0.25) is 0 Å². The lowest BCUT2D eigenvalue weighted by molar-refractivity contribution is -0.0393. The SMILES string of the molecule is CC(C)O[C@H]1CN(C(=O)Nc2cccc(OCc3ccccc3)c2)C[C@@H]1O.